The van der Waals surface area contributed by atoms with Gasteiger partial charge in [0.1, 0.15) is 0 Å². The zero-order valence-electron chi connectivity index (χ0n) is 9.86. The van der Waals surface area contributed by atoms with E-state index in [0.717, 1.165) is 12.1 Å². The summed E-state index contributed by atoms with van der Waals surface area (Å²) in [6, 6.07) is 6.37. The van der Waals surface area contributed by atoms with E-state index in [0.29, 0.717) is 20.9 Å². The fraction of sp³-hybridized carbons (Fsp3) is 0.0714. The summed E-state index contributed by atoms with van der Waals surface area (Å²) in [6.45, 7) is 0. The van der Waals surface area contributed by atoms with Crippen LogP contribution in [-0.2, 0) is 6.18 Å². The zero-order chi connectivity index (χ0) is 14.5. The standard InChI is InChI=1S/C14H7F3O2S/c15-14(16,17)8-2-1-7-5-11(13(18)19)9-3-4-20-12(9)10(7)6-8/h1-6H,(H,18,19). The molecule has 102 valence electrons. The van der Waals surface area contributed by atoms with Crippen molar-refractivity contribution in [3.8, 4) is 0 Å². The van der Waals surface area contributed by atoms with Crippen LogP contribution in [0.3, 0.4) is 0 Å². The van der Waals surface area contributed by atoms with Crippen molar-refractivity contribution < 1.29 is 23.1 Å². The monoisotopic (exact) mass is 296 g/mol. The summed E-state index contributed by atoms with van der Waals surface area (Å²) >= 11 is 1.24. The number of hydrogen-bond acceptors (Lipinski definition) is 2. The van der Waals surface area contributed by atoms with E-state index in [9.17, 15) is 18.0 Å². The normalized spacial score (nSPS) is 12.2. The highest BCUT2D eigenvalue weighted by molar-refractivity contribution is 7.18. The lowest BCUT2D eigenvalue weighted by atomic mass is 10.0. The van der Waals surface area contributed by atoms with Gasteiger partial charge in [-0.25, -0.2) is 4.79 Å². The minimum Gasteiger partial charge on any atom is -0.478 e. The zero-order valence-corrected chi connectivity index (χ0v) is 10.7. The first kappa shape index (κ1) is 12.9. The molecule has 1 heterocycles. The first-order valence-corrected chi connectivity index (χ1v) is 6.50. The van der Waals surface area contributed by atoms with Crippen molar-refractivity contribution in [1.82, 2.24) is 0 Å². The predicted molar refractivity (Wildman–Crippen MR) is 71.3 cm³/mol. The molecule has 0 radical (unpaired) electrons. The molecule has 0 spiro atoms. The molecule has 0 aliphatic heterocycles. The molecule has 1 aromatic heterocycles. The third-order valence-electron chi connectivity index (χ3n) is 3.11. The molecule has 3 aromatic rings. The lowest BCUT2D eigenvalue weighted by Crippen LogP contribution is -2.04. The molecule has 0 fully saturated rings. The summed E-state index contributed by atoms with van der Waals surface area (Å²) in [7, 11) is 0. The maximum atomic E-state index is 12.8. The van der Waals surface area contributed by atoms with Gasteiger partial charge in [0.25, 0.3) is 0 Å². The molecule has 0 atom stereocenters. The van der Waals surface area contributed by atoms with Crippen molar-refractivity contribution in [2.45, 2.75) is 6.18 Å². The van der Waals surface area contributed by atoms with E-state index in [1.807, 2.05) is 0 Å². The topological polar surface area (TPSA) is 37.3 Å². The number of carboxylic acid groups (broad SMARTS) is 1. The Balaban J connectivity index is 2.42. The minimum atomic E-state index is -4.41. The Morgan fingerprint density at radius 2 is 1.85 bits per heavy atom. The molecule has 0 aliphatic carbocycles. The van der Waals surface area contributed by atoms with Crippen LogP contribution in [-0.4, -0.2) is 11.1 Å². The first-order valence-electron chi connectivity index (χ1n) is 5.62. The van der Waals surface area contributed by atoms with E-state index in [4.69, 9.17) is 5.11 Å². The van der Waals surface area contributed by atoms with Crippen LogP contribution in [0, 0.1) is 0 Å². The van der Waals surface area contributed by atoms with E-state index in [-0.39, 0.29) is 5.56 Å². The van der Waals surface area contributed by atoms with Gasteiger partial charge in [-0.2, -0.15) is 13.2 Å². The van der Waals surface area contributed by atoms with Crippen LogP contribution < -0.4 is 0 Å². The summed E-state index contributed by atoms with van der Waals surface area (Å²) in [6.07, 6.45) is -4.41. The smallest absolute Gasteiger partial charge is 0.416 e. The summed E-state index contributed by atoms with van der Waals surface area (Å²) in [5.41, 5.74) is -0.628. The number of alkyl halides is 3. The lowest BCUT2D eigenvalue weighted by molar-refractivity contribution is -0.137. The second-order valence-corrected chi connectivity index (χ2v) is 5.24. The highest BCUT2D eigenvalue weighted by atomic mass is 32.1. The Bertz CT molecular complexity index is 833. The van der Waals surface area contributed by atoms with Gasteiger partial charge in [0.2, 0.25) is 0 Å². The fourth-order valence-corrected chi connectivity index (χ4v) is 3.14. The van der Waals surface area contributed by atoms with Crippen molar-refractivity contribution >= 4 is 38.2 Å². The molecular formula is C14H7F3O2S. The molecule has 6 heteroatoms. The summed E-state index contributed by atoms with van der Waals surface area (Å²) in [5.74, 6) is -1.09. The number of carbonyl (C=O) groups is 1. The van der Waals surface area contributed by atoms with Gasteiger partial charge in [-0.15, -0.1) is 11.3 Å². The van der Waals surface area contributed by atoms with Gasteiger partial charge in [-0.3, -0.25) is 0 Å². The van der Waals surface area contributed by atoms with Crippen LogP contribution in [0.4, 0.5) is 13.2 Å². The SMILES string of the molecule is O=C(O)c1cc2ccc(C(F)(F)F)cc2c2sccc12. The molecule has 0 bridgehead atoms. The second kappa shape index (κ2) is 4.21. The van der Waals surface area contributed by atoms with Crippen LogP contribution in [0.15, 0.2) is 35.7 Å². The van der Waals surface area contributed by atoms with Crippen molar-refractivity contribution in [3.05, 3.63) is 46.8 Å². The average Bonchev–Trinajstić information content (AvgIpc) is 2.85. The maximum absolute atomic E-state index is 12.8. The molecule has 0 saturated carbocycles. The predicted octanol–water partition coefficient (Wildman–Crippen LogP) is 4.77. The van der Waals surface area contributed by atoms with Crippen LogP contribution in [0.5, 0.6) is 0 Å². The molecule has 0 aliphatic rings. The van der Waals surface area contributed by atoms with E-state index in [2.05, 4.69) is 0 Å². The molecular weight excluding hydrogens is 289 g/mol. The molecule has 20 heavy (non-hydrogen) atoms. The number of halogens is 3. The Labute approximate surface area is 115 Å². The van der Waals surface area contributed by atoms with E-state index in [1.165, 1.54) is 23.5 Å². The van der Waals surface area contributed by atoms with Crippen molar-refractivity contribution in [1.29, 1.82) is 0 Å². The van der Waals surface area contributed by atoms with Gasteiger partial charge >= 0.3 is 12.1 Å². The van der Waals surface area contributed by atoms with Crippen LogP contribution in [0.1, 0.15) is 15.9 Å². The Morgan fingerprint density at radius 1 is 1.10 bits per heavy atom. The Kier molecular flexibility index (Phi) is 2.72. The number of aromatic carboxylic acids is 1. The Hall–Kier alpha value is -2.08. The van der Waals surface area contributed by atoms with E-state index in [1.54, 1.807) is 11.4 Å². The lowest BCUT2D eigenvalue weighted by Gasteiger charge is -2.09. The van der Waals surface area contributed by atoms with Crippen LogP contribution >= 0.6 is 11.3 Å². The molecule has 0 amide bonds. The number of carboxylic acids is 1. The number of rotatable bonds is 1. The third kappa shape index (κ3) is 1.92. The number of fused-ring (bicyclic) bond motifs is 3. The van der Waals surface area contributed by atoms with Crippen LogP contribution in [0.25, 0.3) is 20.9 Å². The first-order chi connectivity index (χ1) is 9.38. The highest BCUT2D eigenvalue weighted by Gasteiger charge is 2.30. The molecule has 2 nitrogen and oxygen atoms in total. The van der Waals surface area contributed by atoms with E-state index >= 15 is 0 Å². The number of thiophene rings is 1. The molecule has 0 unspecified atom stereocenters. The number of hydrogen-bond donors (Lipinski definition) is 1. The number of benzene rings is 2. The van der Waals surface area contributed by atoms with Crippen molar-refractivity contribution in [2.75, 3.05) is 0 Å². The van der Waals surface area contributed by atoms with Crippen molar-refractivity contribution in [3.63, 3.8) is 0 Å². The third-order valence-corrected chi connectivity index (χ3v) is 4.06. The van der Waals surface area contributed by atoms with Gasteiger partial charge in [0.05, 0.1) is 11.1 Å². The van der Waals surface area contributed by atoms with Gasteiger partial charge in [-0.1, -0.05) is 6.07 Å². The molecule has 1 N–H and O–H groups in total. The maximum Gasteiger partial charge on any atom is 0.416 e. The Morgan fingerprint density at radius 3 is 2.50 bits per heavy atom. The minimum absolute atomic E-state index is 0.105. The summed E-state index contributed by atoms with van der Waals surface area (Å²) in [4.78, 5) is 11.2. The average molecular weight is 296 g/mol. The molecule has 3 rings (SSSR count). The fourth-order valence-electron chi connectivity index (χ4n) is 2.20. The summed E-state index contributed by atoms with van der Waals surface area (Å²) in [5, 5.41) is 12.2. The molecule has 0 saturated heterocycles. The highest BCUT2D eigenvalue weighted by Crippen LogP contribution is 2.37. The van der Waals surface area contributed by atoms with Gasteiger partial charge in [0, 0.05) is 15.5 Å². The quantitative estimate of drug-likeness (QED) is 0.702. The largest absolute Gasteiger partial charge is 0.478 e. The second-order valence-electron chi connectivity index (χ2n) is 4.33. The van der Waals surface area contributed by atoms with Gasteiger partial charge in [-0.05, 0) is 35.0 Å². The van der Waals surface area contributed by atoms with E-state index < -0.39 is 17.7 Å². The summed E-state index contributed by atoms with van der Waals surface area (Å²) < 4.78 is 38.8. The van der Waals surface area contributed by atoms with Crippen molar-refractivity contribution in [2.24, 2.45) is 0 Å². The van der Waals surface area contributed by atoms with Crippen LogP contribution in [0.2, 0.25) is 0 Å². The van der Waals surface area contributed by atoms with Gasteiger partial charge in [0.15, 0.2) is 0 Å². The molecule has 2 aromatic carbocycles. The van der Waals surface area contributed by atoms with Gasteiger partial charge < -0.3 is 5.11 Å².